The van der Waals surface area contributed by atoms with Gasteiger partial charge >= 0.3 is 5.69 Å². The first-order valence-electron chi connectivity index (χ1n) is 6.11. The number of nitro groups is 1. The topological polar surface area (TPSA) is 87.4 Å². The first-order chi connectivity index (χ1) is 10.2. The van der Waals surface area contributed by atoms with Gasteiger partial charge in [0.1, 0.15) is 11.0 Å². The summed E-state index contributed by atoms with van der Waals surface area (Å²) < 4.78 is 10.4. The second kappa shape index (κ2) is 4.86. The quantitative estimate of drug-likeness (QED) is 0.417. The van der Waals surface area contributed by atoms with Crippen LogP contribution in [0.4, 0.5) is 5.69 Å². The number of aromatic nitrogens is 2. The zero-order valence-corrected chi connectivity index (χ0v) is 11.4. The minimum Gasteiger partial charge on any atom is -0.494 e. The van der Waals surface area contributed by atoms with Crippen molar-refractivity contribution in [3.63, 3.8) is 0 Å². The molecular formula is C14H11N3O4. The molecule has 0 bridgehead atoms. The lowest BCUT2D eigenvalue weighted by Gasteiger charge is -2.10. The van der Waals surface area contributed by atoms with Crippen molar-refractivity contribution in [3.8, 4) is 11.5 Å². The summed E-state index contributed by atoms with van der Waals surface area (Å²) >= 11 is 0. The molecule has 0 amide bonds. The molecule has 0 N–H and O–H groups in total. The Kier molecular flexibility index (Phi) is 3.02. The van der Waals surface area contributed by atoms with Crippen LogP contribution in [0.15, 0.2) is 30.3 Å². The van der Waals surface area contributed by atoms with Crippen LogP contribution in [-0.4, -0.2) is 29.1 Å². The van der Waals surface area contributed by atoms with Crippen LogP contribution in [0, 0.1) is 10.1 Å². The second-order valence-corrected chi connectivity index (χ2v) is 4.30. The van der Waals surface area contributed by atoms with E-state index in [9.17, 15) is 10.1 Å². The number of methoxy groups -OCH3 is 2. The lowest BCUT2D eigenvalue weighted by molar-refractivity contribution is -0.385. The number of nitro benzene ring substituents is 1. The molecule has 0 saturated heterocycles. The molecule has 0 radical (unpaired) electrons. The second-order valence-electron chi connectivity index (χ2n) is 4.30. The third-order valence-corrected chi connectivity index (χ3v) is 3.14. The van der Waals surface area contributed by atoms with E-state index in [0.29, 0.717) is 22.1 Å². The number of fused-ring (bicyclic) bond motifs is 2. The van der Waals surface area contributed by atoms with Gasteiger partial charge in [-0.3, -0.25) is 10.1 Å². The summed E-state index contributed by atoms with van der Waals surface area (Å²) in [6.07, 6.45) is 0. The highest BCUT2D eigenvalue weighted by atomic mass is 16.6. The average Bonchev–Trinajstić information content (AvgIpc) is 2.51. The molecule has 0 aliphatic rings. The molecular weight excluding hydrogens is 274 g/mol. The summed E-state index contributed by atoms with van der Waals surface area (Å²) in [5, 5.41) is 11.2. The molecule has 0 saturated carbocycles. The van der Waals surface area contributed by atoms with Gasteiger partial charge in [0.25, 0.3) is 0 Å². The van der Waals surface area contributed by atoms with Gasteiger partial charge in [-0.25, -0.2) is 9.97 Å². The predicted octanol–water partition coefficient (Wildman–Crippen LogP) is 2.71. The molecule has 21 heavy (non-hydrogen) atoms. The van der Waals surface area contributed by atoms with Crippen LogP contribution in [0.5, 0.6) is 11.5 Å². The molecule has 0 aliphatic carbocycles. The van der Waals surface area contributed by atoms with Crippen LogP contribution in [0.25, 0.3) is 22.1 Å². The van der Waals surface area contributed by atoms with E-state index in [1.165, 1.54) is 20.3 Å². The third kappa shape index (κ3) is 1.99. The maximum atomic E-state index is 11.2. The van der Waals surface area contributed by atoms with Gasteiger partial charge in [0, 0.05) is 0 Å². The van der Waals surface area contributed by atoms with E-state index in [0.717, 1.165) is 0 Å². The zero-order valence-electron chi connectivity index (χ0n) is 11.4. The molecule has 2 aromatic carbocycles. The van der Waals surface area contributed by atoms with Crippen molar-refractivity contribution >= 4 is 27.8 Å². The summed E-state index contributed by atoms with van der Waals surface area (Å²) in [5.41, 5.74) is 1.84. The maximum Gasteiger partial charge on any atom is 0.317 e. The van der Waals surface area contributed by atoms with E-state index in [4.69, 9.17) is 9.47 Å². The molecule has 3 aromatic rings. The van der Waals surface area contributed by atoms with E-state index in [1.807, 2.05) is 18.2 Å². The molecule has 1 heterocycles. The first-order valence-corrected chi connectivity index (χ1v) is 6.11. The number of benzene rings is 2. The first kappa shape index (κ1) is 13.0. The molecule has 7 heteroatoms. The Bertz CT molecular complexity index is 864. The standard InChI is InChI=1S/C14H11N3O4/c1-20-11-7-10(17(18)19)14(21-2)13-12(11)15-8-5-3-4-6-9(8)16-13/h3-7H,1-2H3. The van der Waals surface area contributed by atoms with Gasteiger partial charge in [-0.2, -0.15) is 0 Å². The number of hydrogen-bond acceptors (Lipinski definition) is 6. The smallest absolute Gasteiger partial charge is 0.317 e. The number of ether oxygens (including phenoxy) is 2. The molecule has 0 unspecified atom stereocenters. The number of rotatable bonds is 3. The molecule has 0 spiro atoms. The lowest BCUT2D eigenvalue weighted by atomic mass is 10.2. The van der Waals surface area contributed by atoms with Crippen LogP contribution in [0.2, 0.25) is 0 Å². The summed E-state index contributed by atoms with van der Waals surface area (Å²) in [4.78, 5) is 19.5. The van der Waals surface area contributed by atoms with Gasteiger partial charge in [-0.05, 0) is 12.1 Å². The van der Waals surface area contributed by atoms with Crippen LogP contribution in [0.3, 0.4) is 0 Å². The van der Waals surface area contributed by atoms with Crippen molar-refractivity contribution in [3.05, 3.63) is 40.4 Å². The van der Waals surface area contributed by atoms with Crippen molar-refractivity contribution in [1.82, 2.24) is 9.97 Å². The Hall–Kier alpha value is -2.96. The highest BCUT2D eigenvalue weighted by Gasteiger charge is 2.24. The van der Waals surface area contributed by atoms with Crippen molar-refractivity contribution in [2.24, 2.45) is 0 Å². The third-order valence-electron chi connectivity index (χ3n) is 3.14. The maximum absolute atomic E-state index is 11.2. The Labute approximate surface area is 119 Å². The van der Waals surface area contributed by atoms with E-state index < -0.39 is 4.92 Å². The Morgan fingerprint density at radius 2 is 1.67 bits per heavy atom. The predicted molar refractivity (Wildman–Crippen MR) is 76.8 cm³/mol. The summed E-state index contributed by atoms with van der Waals surface area (Å²) in [7, 11) is 2.80. The normalized spacial score (nSPS) is 10.8. The Morgan fingerprint density at radius 3 is 2.19 bits per heavy atom. The van der Waals surface area contributed by atoms with Crippen molar-refractivity contribution in [2.75, 3.05) is 14.2 Å². The molecule has 1 aromatic heterocycles. The number of hydrogen-bond donors (Lipinski definition) is 0. The summed E-state index contributed by atoms with van der Waals surface area (Å²) in [6, 6.07) is 8.56. The number of nitrogens with zero attached hydrogens (tertiary/aromatic N) is 3. The number of para-hydroxylation sites is 2. The van der Waals surface area contributed by atoms with Crippen LogP contribution in [0.1, 0.15) is 0 Å². The van der Waals surface area contributed by atoms with Crippen molar-refractivity contribution < 1.29 is 14.4 Å². The van der Waals surface area contributed by atoms with E-state index in [2.05, 4.69) is 9.97 Å². The Morgan fingerprint density at radius 1 is 1.05 bits per heavy atom. The van der Waals surface area contributed by atoms with Crippen LogP contribution >= 0.6 is 0 Å². The van der Waals surface area contributed by atoms with Gasteiger partial charge in [0.05, 0.1) is 36.2 Å². The molecule has 7 nitrogen and oxygen atoms in total. The van der Waals surface area contributed by atoms with Crippen molar-refractivity contribution in [1.29, 1.82) is 0 Å². The van der Waals surface area contributed by atoms with Gasteiger partial charge in [0.15, 0.2) is 5.75 Å². The van der Waals surface area contributed by atoms with Crippen molar-refractivity contribution in [2.45, 2.75) is 0 Å². The van der Waals surface area contributed by atoms with Crippen LogP contribution in [-0.2, 0) is 0 Å². The monoisotopic (exact) mass is 285 g/mol. The van der Waals surface area contributed by atoms with Gasteiger partial charge in [-0.1, -0.05) is 12.1 Å². The van der Waals surface area contributed by atoms with E-state index >= 15 is 0 Å². The van der Waals surface area contributed by atoms with Gasteiger partial charge < -0.3 is 9.47 Å². The fraction of sp³-hybridized carbons (Fsp3) is 0.143. The summed E-state index contributed by atoms with van der Waals surface area (Å²) in [6.45, 7) is 0. The summed E-state index contributed by atoms with van der Waals surface area (Å²) in [5.74, 6) is 0.366. The molecule has 0 fully saturated rings. The average molecular weight is 285 g/mol. The molecule has 106 valence electrons. The zero-order chi connectivity index (χ0) is 15.0. The Balaban J connectivity index is 2.50. The fourth-order valence-corrected chi connectivity index (χ4v) is 2.20. The minimum absolute atomic E-state index is 0.0778. The van der Waals surface area contributed by atoms with Gasteiger partial charge in [-0.15, -0.1) is 0 Å². The highest BCUT2D eigenvalue weighted by molar-refractivity contribution is 5.95. The van der Waals surface area contributed by atoms with Gasteiger partial charge in [0.2, 0.25) is 5.75 Å². The lowest BCUT2D eigenvalue weighted by Crippen LogP contribution is -1.99. The fourth-order valence-electron chi connectivity index (χ4n) is 2.20. The largest absolute Gasteiger partial charge is 0.494 e. The van der Waals surface area contributed by atoms with Crippen LogP contribution < -0.4 is 9.47 Å². The minimum atomic E-state index is -0.530. The molecule has 0 aliphatic heterocycles. The van der Waals surface area contributed by atoms with E-state index in [1.54, 1.807) is 6.07 Å². The molecule has 3 rings (SSSR count). The highest BCUT2D eigenvalue weighted by Crippen LogP contribution is 2.39. The molecule has 0 atom stereocenters. The van der Waals surface area contributed by atoms with E-state index in [-0.39, 0.29) is 17.2 Å². The SMILES string of the molecule is COc1cc([N+](=O)[O-])c(OC)c2nc3ccccc3nc12.